The Labute approximate surface area is 124 Å². The Morgan fingerprint density at radius 2 is 1.20 bits per heavy atom. The van der Waals surface area contributed by atoms with Gasteiger partial charge in [0.15, 0.2) is 0 Å². The normalized spacial score (nSPS) is 11.1. The predicted octanol–water partition coefficient (Wildman–Crippen LogP) is 3.35. The van der Waals surface area contributed by atoms with Gasteiger partial charge in [-0.3, -0.25) is 9.80 Å². The third-order valence-electron chi connectivity index (χ3n) is 3.82. The molecule has 0 aliphatic carbocycles. The lowest BCUT2D eigenvalue weighted by molar-refractivity contribution is 0.291. The van der Waals surface area contributed by atoms with Crippen molar-refractivity contribution in [3.8, 4) is 12.3 Å². The van der Waals surface area contributed by atoms with Crippen molar-refractivity contribution < 1.29 is 0 Å². The number of rotatable bonds is 8. The molecule has 0 unspecified atom stereocenters. The molecule has 1 aromatic carbocycles. The molecule has 0 aromatic heterocycles. The van der Waals surface area contributed by atoms with Crippen LogP contribution in [0.4, 0.5) is 0 Å². The van der Waals surface area contributed by atoms with Crippen LogP contribution in [0.2, 0.25) is 0 Å². The Bertz CT molecular complexity index is 405. The summed E-state index contributed by atoms with van der Waals surface area (Å²) in [4.78, 5) is 4.83. The average Bonchev–Trinajstić information content (AvgIpc) is 2.49. The highest BCUT2D eigenvalue weighted by Gasteiger charge is 2.07. The van der Waals surface area contributed by atoms with E-state index in [1.165, 1.54) is 11.1 Å². The molecule has 0 fully saturated rings. The lowest BCUT2D eigenvalue weighted by Crippen LogP contribution is -2.23. The van der Waals surface area contributed by atoms with Gasteiger partial charge in [0.1, 0.15) is 0 Å². The van der Waals surface area contributed by atoms with Crippen molar-refractivity contribution in [1.82, 2.24) is 9.80 Å². The summed E-state index contributed by atoms with van der Waals surface area (Å²) in [5.41, 5.74) is 3.65. The minimum absolute atomic E-state index is 0.980. The van der Waals surface area contributed by atoms with E-state index in [9.17, 15) is 0 Å². The van der Waals surface area contributed by atoms with Gasteiger partial charge in [0.25, 0.3) is 0 Å². The maximum Gasteiger partial charge on any atom is 0.0249 e. The molecule has 0 radical (unpaired) electrons. The van der Waals surface area contributed by atoms with E-state index < -0.39 is 0 Å². The van der Waals surface area contributed by atoms with Crippen molar-refractivity contribution in [3.63, 3.8) is 0 Å². The fourth-order valence-corrected chi connectivity index (χ4v) is 2.44. The fraction of sp³-hybridized carbons (Fsp3) is 0.556. The first-order valence-corrected chi connectivity index (χ1v) is 7.70. The van der Waals surface area contributed by atoms with Crippen molar-refractivity contribution in [1.29, 1.82) is 0 Å². The molecule has 0 N–H and O–H groups in total. The number of nitrogens with zero attached hydrogens (tertiary/aromatic N) is 2. The maximum absolute atomic E-state index is 5.60. The molecule has 1 aromatic rings. The van der Waals surface area contributed by atoms with E-state index in [1.54, 1.807) is 0 Å². The average molecular weight is 272 g/mol. The lowest BCUT2D eigenvalue weighted by Gasteiger charge is -2.21. The molecular weight excluding hydrogens is 244 g/mol. The zero-order chi connectivity index (χ0) is 15.0. The number of benzene rings is 1. The molecule has 1 rings (SSSR count). The minimum Gasteiger partial charge on any atom is -0.300 e. The summed E-state index contributed by atoms with van der Waals surface area (Å²) in [5, 5.41) is 0. The molecular formula is C18H28N2. The van der Waals surface area contributed by atoms with Gasteiger partial charge in [-0.2, -0.15) is 0 Å². The second kappa shape index (κ2) is 8.79. The van der Waals surface area contributed by atoms with Crippen LogP contribution in [-0.2, 0) is 13.1 Å². The number of hydrogen-bond acceptors (Lipinski definition) is 2. The highest BCUT2D eigenvalue weighted by Crippen LogP contribution is 2.14. The van der Waals surface area contributed by atoms with Gasteiger partial charge in [-0.25, -0.2) is 0 Å². The molecule has 110 valence electrons. The summed E-state index contributed by atoms with van der Waals surface area (Å²) in [7, 11) is 0. The van der Waals surface area contributed by atoms with Crippen molar-refractivity contribution in [2.75, 3.05) is 26.2 Å². The molecule has 0 bridgehead atoms. The monoisotopic (exact) mass is 272 g/mol. The molecule has 0 spiro atoms. The summed E-state index contributed by atoms with van der Waals surface area (Å²) in [6, 6.07) is 6.59. The molecule has 2 heteroatoms. The van der Waals surface area contributed by atoms with Crippen LogP contribution in [0.5, 0.6) is 0 Å². The van der Waals surface area contributed by atoms with Crippen LogP contribution in [0.25, 0.3) is 0 Å². The standard InChI is InChI=1S/C18H28N2/c1-6-16-11-17(14-19(7-2)8-3)13-18(12-16)15-20(9-4)10-5/h1,11-13H,7-10,14-15H2,2-5H3. The Kier molecular flexibility index (Phi) is 7.36. The highest BCUT2D eigenvalue weighted by molar-refractivity contribution is 5.39. The maximum atomic E-state index is 5.60. The molecule has 20 heavy (non-hydrogen) atoms. The van der Waals surface area contributed by atoms with E-state index in [-0.39, 0.29) is 0 Å². The van der Waals surface area contributed by atoms with E-state index in [1.807, 2.05) is 0 Å². The molecule has 2 nitrogen and oxygen atoms in total. The second-order valence-corrected chi connectivity index (χ2v) is 5.11. The van der Waals surface area contributed by atoms with E-state index in [4.69, 9.17) is 6.42 Å². The van der Waals surface area contributed by atoms with Crippen molar-refractivity contribution in [2.24, 2.45) is 0 Å². The van der Waals surface area contributed by atoms with Crippen molar-refractivity contribution in [3.05, 3.63) is 34.9 Å². The van der Waals surface area contributed by atoms with E-state index >= 15 is 0 Å². The summed E-state index contributed by atoms with van der Waals surface area (Å²) in [6.45, 7) is 15.0. The molecule has 0 amide bonds. The van der Waals surface area contributed by atoms with Crippen LogP contribution in [0, 0.1) is 12.3 Å². The Morgan fingerprint density at radius 3 is 1.50 bits per heavy atom. The first-order chi connectivity index (χ1) is 9.66. The van der Waals surface area contributed by atoms with Gasteiger partial charge in [0.2, 0.25) is 0 Å². The topological polar surface area (TPSA) is 6.48 Å². The minimum atomic E-state index is 0.980. The number of terminal acetylenes is 1. The first-order valence-electron chi connectivity index (χ1n) is 7.70. The van der Waals surface area contributed by atoms with Crippen molar-refractivity contribution >= 4 is 0 Å². The van der Waals surface area contributed by atoms with Gasteiger partial charge in [-0.15, -0.1) is 6.42 Å². The van der Waals surface area contributed by atoms with Crippen LogP contribution in [0.1, 0.15) is 44.4 Å². The van der Waals surface area contributed by atoms with E-state index in [0.717, 1.165) is 44.8 Å². The van der Waals surface area contributed by atoms with Gasteiger partial charge in [0, 0.05) is 18.7 Å². The third-order valence-corrected chi connectivity index (χ3v) is 3.82. The van der Waals surface area contributed by atoms with Crippen LogP contribution in [0.3, 0.4) is 0 Å². The number of hydrogen-bond donors (Lipinski definition) is 0. The van der Waals surface area contributed by atoms with Crippen molar-refractivity contribution in [2.45, 2.75) is 40.8 Å². The van der Waals surface area contributed by atoms with Gasteiger partial charge in [0.05, 0.1) is 0 Å². The SMILES string of the molecule is C#Cc1cc(CN(CC)CC)cc(CN(CC)CC)c1. The van der Waals surface area contributed by atoms with Crippen LogP contribution >= 0.6 is 0 Å². The van der Waals surface area contributed by atoms with Gasteiger partial charge in [-0.05, 0) is 49.4 Å². The molecule has 0 saturated heterocycles. The smallest absolute Gasteiger partial charge is 0.0249 e. The quantitative estimate of drug-likeness (QED) is 0.670. The predicted molar refractivity (Wildman–Crippen MR) is 87.6 cm³/mol. The van der Waals surface area contributed by atoms with Gasteiger partial charge in [-0.1, -0.05) is 39.7 Å². The highest BCUT2D eigenvalue weighted by atomic mass is 15.1. The van der Waals surface area contributed by atoms with Crippen LogP contribution in [0.15, 0.2) is 18.2 Å². The Morgan fingerprint density at radius 1 is 0.800 bits per heavy atom. The molecule has 0 aliphatic rings. The Balaban J connectivity index is 2.93. The largest absolute Gasteiger partial charge is 0.300 e. The first kappa shape index (κ1) is 16.8. The molecule has 0 saturated carbocycles. The molecule has 0 heterocycles. The lowest BCUT2D eigenvalue weighted by atomic mass is 10.0. The van der Waals surface area contributed by atoms with Gasteiger partial charge < -0.3 is 0 Å². The summed E-state index contributed by atoms with van der Waals surface area (Å²) >= 11 is 0. The molecule has 0 atom stereocenters. The molecule has 0 aliphatic heterocycles. The summed E-state index contributed by atoms with van der Waals surface area (Å²) < 4.78 is 0. The zero-order valence-corrected chi connectivity index (χ0v) is 13.4. The van der Waals surface area contributed by atoms with E-state index in [2.05, 4.69) is 61.6 Å². The van der Waals surface area contributed by atoms with Gasteiger partial charge >= 0.3 is 0 Å². The summed E-state index contributed by atoms with van der Waals surface area (Å²) in [5.74, 6) is 2.79. The van der Waals surface area contributed by atoms with Crippen LogP contribution < -0.4 is 0 Å². The Hall–Kier alpha value is -1.30. The third kappa shape index (κ3) is 5.00. The van der Waals surface area contributed by atoms with Crippen LogP contribution in [-0.4, -0.2) is 36.0 Å². The zero-order valence-electron chi connectivity index (χ0n) is 13.4. The van der Waals surface area contributed by atoms with E-state index in [0.29, 0.717) is 0 Å². The second-order valence-electron chi connectivity index (χ2n) is 5.11. The fourth-order valence-electron chi connectivity index (χ4n) is 2.44. The summed E-state index contributed by atoms with van der Waals surface area (Å²) in [6.07, 6.45) is 5.60.